The summed E-state index contributed by atoms with van der Waals surface area (Å²) in [4.78, 5) is 8.34. The fourth-order valence-electron chi connectivity index (χ4n) is 1.43. The Kier molecular flexibility index (Phi) is 10.8. The van der Waals surface area contributed by atoms with Crippen molar-refractivity contribution in [3.8, 4) is 0 Å². The number of hydrogen-bond acceptors (Lipinski definition) is 3. The number of pyridine rings is 1. The molecule has 0 spiro atoms. The van der Waals surface area contributed by atoms with Crippen molar-refractivity contribution in [3.63, 3.8) is 0 Å². The lowest BCUT2D eigenvalue weighted by molar-refractivity contribution is 0.726. The van der Waals surface area contributed by atoms with Gasteiger partial charge in [-0.1, -0.05) is 18.2 Å². The fraction of sp³-hybridized carbons (Fsp3) is 0.429. The maximum Gasteiger partial charge on any atom is 0.188 e. The first-order valence-electron chi connectivity index (χ1n) is 6.51. The van der Waals surface area contributed by atoms with Crippen molar-refractivity contribution in [2.24, 2.45) is 10.7 Å². The van der Waals surface area contributed by atoms with E-state index in [-0.39, 0.29) is 24.0 Å². The van der Waals surface area contributed by atoms with Crippen LogP contribution in [-0.4, -0.2) is 30.6 Å². The molecule has 4 N–H and O–H groups in total. The third-order valence-corrected chi connectivity index (χ3v) is 2.40. The minimum atomic E-state index is 0. The van der Waals surface area contributed by atoms with Gasteiger partial charge in [-0.05, 0) is 31.9 Å². The normalized spacial score (nSPS) is 10.6. The van der Waals surface area contributed by atoms with Crippen LogP contribution in [0.25, 0.3) is 0 Å². The molecular weight excluding hydrogens is 365 g/mol. The van der Waals surface area contributed by atoms with E-state index in [0.717, 1.165) is 37.3 Å². The molecule has 0 amide bonds. The molecule has 112 valence electrons. The van der Waals surface area contributed by atoms with Crippen LogP contribution in [0.15, 0.2) is 41.5 Å². The molecule has 0 unspecified atom stereocenters. The van der Waals surface area contributed by atoms with Gasteiger partial charge in [0, 0.05) is 19.3 Å². The summed E-state index contributed by atoms with van der Waals surface area (Å²) in [5, 5.41) is 6.34. The molecule has 0 aliphatic heterocycles. The number of aromatic nitrogens is 1. The predicted molar refractivity (Wildman–Crippen MR) is 96.7 cm³/mol. The van der Waals surface area contributed by atoms with Crippen molar-refractivity contribution in [3.05, 3.63) is 36.5 Å². The second-order valence-electron chi connectivity index (χ2n) is 4.43. The number of unbranched alkanes of at least 4 members (excludes halogenated alkanes) is 1. The van der Waals surface area contributed by atoms with Crippen molar-refractivity contribution in [2.75, 3.05) is 25.0 Å². The smallest absolute Gasteiger partial charge is 0.188 e. The number of aliphatic imine (C=N–C) groups is 1. The summed E-state index contributed by atoms with van der Waals surface area (Å²) in [6, 6.07) is 5.83. The average molecular weight is 389 g/mol. The van der Waals surface area contributed by atoms with Gasteiger partial charge in [0.2, 0.25) is 0 Å². The highest BCUT2D eigenvalue weighted by atomic mass is 127. The standard InChI is InChI=1S/C14H23N5.HI/c1-12(2)11-19-14(15)18-10-6-5-9-17-13-7-3-4-8-16-13;/h3-4,7-8H,1,5-6,9-11H2,2H3,(H,16,17)(H3,15,18,19);1H. The minimum absolute atomic E-state index is 0. The quantitative estimate of drug-likeness (QED) is 0.210. The Morgan fingerprint density at radius 2 is 2.10 bits per heavy atom. The lowest BCUT2D eigenvalue weighted by Crippen LogP contribution is -2.32. The monoisotopic (exact) mass is 389 g/mol. The molecule has 1 rings (SSSR count). The van der Waals surface area contributed by atoms with Crippen LogP contribution in [0.5, 0.6) is 0 Å². The first kappa shape index (κ1) is 18.7. The number of rotatable bonds is 8. The number of nitrogens with one attached hydrogen (secondary N) is 2. The van der Waals surface area contributed by atoms with Gasteiger partial charge < -0.3 is 16.4 Å². The molecule has 0 aliphatic rings. The van der Waals surface area contributed by atoms with E-state index in [4.69, 9.17) is 5.73 Å². The molecule has 20 heavy (non-hydrogen) atoms. The topological polar surface area (TPSA) is 75.3 Å². The summed E-state index contributed by atoms with van der Waals surface area (Å²) in [6.45, 7) is 8.02. The summed E-state index contributed by atoms with van der Waals surface area (Å²) < 4.78 is 0. The summed E-state index contributed by atoms with van der Waals surface area (Å²) >= 11 is 0. The first-order chi connectivity index (χ1) is 9.18. The van der Waals surface area contributed by atoms with Gasteiger partial charge >= 0.3 is 0 Å². The molecule has 0 bridgehead atoms. The molecular formula is C14H24IN5. The Balaban J connectivity index is 0.00000361. The van der Waals surface area contributed by atoms with E-state index >= 15 is 0 Å². The Morgan fingerprint density at radius 1 is 1.35 bits per heavy atom. The molecule has 0 atom stereocenters. The van der Waals surface area contributed by atoms with Crippen LogP contribution in [0.3, 0.4) is 0 Å². The van der Waals surface area contributed by atoms with Gasteiger partial charge in [0.25, 0.3) is 0 Å². The molecule has 0 aromatic carbocycles. The Bertz CT molecular complexity index is 405. The van der Waals surface area contributed by atoms with Gasteiger partial charge in [0.15, 0.2) is 5.96 Å². The van der Waals surface area contributed by atoms with Gasteiger partial charge in [0.1, 0.15) is 5.82 Å². The lowest BCUT2D eigenvalue weighted by atomic mass is 10.3. The zero-order chi connectivity index (χ0) is 13.9. The van der Waals surface area contributed by atoms with Crippen LogP contribution < -0.4 is 16.4 Å². The molecule has 1 aromatic rings. The fourth-order valence-corrected chi connectivity index (χ4v) is 1.43. The van der Waals surface area contributed by atoms with Crippen LogP contribution in [0, 0.1) is 0 Å². The van der Waals surface area contributed by atoms with E-state index in [2.05, 4.69) is 27.2 Å². The lowest BCUT2D eigenvalue weighted by Gasteiger charge is -2.07. The number of guanidine groups is 1. The van der Waals surface area contributed by atoms with Crippen molar-refractivity contribution >= 4 is 35.8 Å². The van der Waals surface area contributed by atoms with Gasteiger partial charge in [-0.15, -0.1) is 24.0 Å². The largest absolute Gasteiger partial charge is 0.370 e. The summed E-state index contributed by atoms with van der Waals surface area (Å²) in [5.41, 5.74) is 6.70. The van der Waals surface area contributed by atoms with Crippen LogP contribution in [0.1, 0.15) is 19.8 Å². The summed E-state index contributed by atoms with van der Waals surface area (Å²) in [5.74, 6) is 1.40. The molecule has 1 heterocycles. The van der Waals surface area contributed by atoms with Crippen LogP contribution >= 0.6 is 24.0 Å². The Labute approximate surface area is 138 Å². The average Bonchev–Trinajstić information content (AvgIpc) is 2.41. The number of hydrogen-bond donors (Lipinski definition) is 3. The third-order valence-electron chi connectivity index (χ3n) is 2.40. The summed E-state index contributed by atoms with van der Waals surface area (Å²) in [6.07, 6.45) is 3.86. The molecule has 0 aliphatic carbocycles. The number of nitrogens with two attached hydrogens (primary N) is 1. The highest BCUT2D eigenvalue weighted by Crippen LogP contribution is 1.99. The van der Waals surface area contributed by atoms with Crippen LogP contribution in [-0.2, 0) is 0 Å². The Hall–Kier alpha value is -1.31. The molecule has 5 nitrogen and oxygen atoms in total. The highest BCUT2D eigenvalue weighted by molar-refractivity contribution is 14.0. The van der Waals surface area contributed by atoms with Crippen molar-refractivity contribution in [1.82, 2.24) is 10.3 Å². The van der Waals surface area contributed by atoms with Gasteiger partial charge in [0.05, 0.1) is 6.54 Å². The van der Waals surface area contributed by atoms with E-state index < -0.39 is 0 Å². The van der Waals surface area contributed by atoms with Crippen molar-refractivity contribution in [2.45, 2.75) is 19.8 Å². The second-order valence-corrected chi connectivity index (χ2v) is 4.43. The molecule has 6 heteroatoms. The van der Waals surface area contributed by atoms with Crippen LogP contribution in [0.4, 0.5) is 5.82 Å². The van der Waals surface area contributed by atoms with E-state index in [0.29, 0.717) is 12.5 Å². The third kappa shape index (κ3) is 9.60. The van der Waals surface area contributed by atoms with Crippen LogP contribution in [0.2, 0.25) is 0 Å². The van der Waals surface area contributed by atoms with Gasteiger partial charge in [-0.25, -0.2) is 9.98 Å². The molecule has 1 aromatic heterocycles. The minimum Gasteiger partial charge on any atom is -0.370 e. The maximum atomic E-state index is 5.70. The maximum absolute atomic E-state index is 5.70. The van der Waals surface area contributed by atoms with Crippen molar-refractivity contribution in [1.29, 1.82) is 0 Å². The number of halogens is 1. The van der Waals surface area contributed by atoms with E-state index in [9.17, 15) is 0 Å². The molecule has 0 saturated heterocycles. The number of anilines is 1. The summed E-state index contributed by atoms with van der Waals surface area (Å²) in [7, 11) is 0. The van der Waals surface area contributed by atoms with E-state index in [1.54, 1.807) is 6.20 Å². The second kappa shape index (κ2) is 11.5. The van der Waals surface area contributed by atoms with Gasteiger partial charge in [-0.2, -0.15) is 0 Å². The number of nitrogens with zero attached hydrogens (tertiary/aromatic N) is 2. The van der Waals surface area contributed by atoms with Crippen molar-refractivity contribution < 1.29 is 0 Å². The first-order valence-corrected chi connectivity index (χ1v) is 6.51. The molecule has 0 saturated carbocycles. The van der Waals surface area contributed by atoms with E-state index in [1.165, 1.54) is 0 Å². The van der Waals surface area contributed by atoms with Gasteiger partial charge in [-0.3, -0.25) is 0 Å². The predicted octanol–water partition coefficient (Wildman–Crippen LogP) is 2.37. The highest BCUT2D eigenvalue weighted by Gasteiger charge is 1.93. The Morgan fingerprint density at radius 3 is 2.75 bits per heavy atom. The molecule has 0 radical (unpaired) electrons. The molecule has 0 fully saturated rings. The SMILES string of the molecule is C=C(C)CN=C(N)NCCCCNc1ccccn1.I. The zero-order valence-electron chi connectivity index (χ0n) is 11.9. The zero-order valence-corrected chi connectivity index (χ0v) is 14.3. The van der Waals surface area contributed by atoms with E-state index in [1.807, 2.05) is 25.1 Å².